The maximum absolute atomic E-state index is 11.7. The average Bonchev–Trinajstić information content (AvgIpc) is 2.51. The summed E-state index contributed by atoms with van der Waals surface area (Å²) >= 11 is 0. The average molecular weight is 287 g/mol. The summed E-state index contributed by atoms with van der Waals surface area (Å²) in [5.74, 6) is -0.118. The second-order valence-corrected chi connectivity index (χ2v) is 5.15. The lowest BCUT2D eigenvalue weighted by molar-refractivity contribution is -0.139. The Kier molecular flexibility index (Phi) is 4.81. The van der Waals surface area contributed by atoms with E-state index in [1.807, 2.05) is 50.2 Å². The van der Waals surface area contributed by atoms with Gasteiger partial charge < -0.3 is 9.84 Å². The molecule has 0 fully saturated rings. The largest absolute Gasteiger partial charge is 0.496 e. The number of carboxylic acids is 1. The van der Waals surface area contributed by atoms with E-state index in [1.165, 1.54) is 0 Å². The number of aliphatic carboxylic acids is 1. The summed E-state index contributed by atoms with van der Waals surface area (Å²) in [5.41, 5.74) is 0.763. The summed E-state index contributed by atoms with van der Waals surface area (Å²) in [6, 6.07) is 10.8. The Hall–Kier alpha value is -2.07. The minimum Gasteiger partial charge on any atom is -0.496 e. The molecule has 0 saturated carbocycles. The number of hydrogen-bond acceptors (Lipinski definition) is 3. The number of nitrogens with one attached hydrogen (secondary N) is 1. The lowest BCUT2D eigenvalue weighted by Crippen LogP contribution is -2.35. The fourth-order valence-corrected chi connectivity index (χ4v) is 2.42. The molecule has 2 rings (SSSR count). The van der Waals surface area contributed by atoms with Crippen LogP contribution in [0.5, 0.6) is 5.75 Å². The first kappa shape index (κ1) is 15.3. The molecule has 0 radical (unpaired) electrons. The van der Waals surface area contributed by atoms with Gasteiger partial charge in [0.1, 0.15) is 11.8 Å². The van der Waals surface area contributed by atoms with Crippen LogP contribution in [-0.4, -0.2) is 24.2 Å². The quantitative estimate of drug-likeness (QED) is 0.855. The van der Waals surface area contributed by atoms with E-state index in [4.69, 9.17) is 4.74 Å². The second-order valence-electron chi connectivity index (χ2n) is 5.15. The highest BCUT2D eigenvalue weighted by atomic mass is 16.5. The predicted octanol–water partition coefficient (Wildman–Crippen LogP) is 3.36. The van der Waals surface area contributed by atoms with Gasteiger partial charge in [-0.25, -0.2) is 0 Å². The predicted molar refractivity (Wildman–Crippen MR) is 83.8 cm³/mol. The molecule has 0 bridgehead atoms. The minimum absolute atomic E-state index is 0.131. The topological polar surface area (TPSA) is 58.6 Å². The maximum atomic E-state index is 11.7. The minimum atomic E-state index is -0.870. The number of carbonyl (C=O) groups is 1. The number of rotatable bonds is 6. The first-order chi connectivity index (χ1) is 10.1. The van der Waals surface area contributed by atoms with Gasteiger partial charge in [-0.05, 0) is 30.4 Å². The monoisotopic (exact) mass is 287 g/mol. The molecule has 2 N–H and O–H groups in total. The van der Waals surface area contributed by atoms with Crippen molar-refractivity contribution in [3.8, 4) is 5.75 Å². The van der Waals surface area contributed by atoms with Gasteiger partial charge in [0.05, 0.1) is 7.11 Å². The fraction of sp³-hybridized carbons (Fsp3) is 0.353. The van der Waals surface area contributed by atoms with Crippen LogP contribution in [0.1, 0.15) is 31.9 Å². The van der Waals surface area contributed by atoms with Gasteiger partial charge in [-0.15, -0.1) is 0 Å². The molecular formula is C17H21NO3. The van der Waals surface area contributed by atoms with Crippen molar-refractivity contribution in [1.82, 2.24) is 5.32 Å². The van der Waals surface area contributed by atoms with E-state index in [0.29, 0.717) is 0 Å². The molecule has 0 amide bonds. The first-order valence-corrected chi connectivity index (χ1v) is 7.13. The van der Waals surface area contributed by atoms with Crippen molar-refractivity contribution in [2.24, 2.45) is 0 Å². The molecule has 21 heavy (non-hydrogen) atoms. The van der Waals surface area contributed by atoms with Crippen molar-refractivity contribution in [2.45, 2.75) is 32.4 Å². The Balaban J connectivity index is 2.55. The van der Waals surface area contributed by atoms with Crippen LogP contribution in [0.4, 0.5) is 0 Å². The smallest absolute Gasteiger partial charge is 0.325 e. The van der Waals surface area contributed by atoms with E-state index in [0.717, 1.165) is 28.5 Å². The zero-order valence-corrected chi connectivity index (χ0v) is 12.6. The van der Waals surface area contributed by atoms with Crippen molar-refractivity contribution in [1.29, 1.82) is 0 Å². The van der Waals surface area contributed by atoms with E-state index in [-0.39, 0.29) is 6.04 Å². The Morgan fingerprint density at radius 3 is 2.48 bits per heavy atom. The van der Waals surface area contributed by atoms with Gasteiger partial charge in [0, 0.05) is 11.4 Å². The van der Waals surface area contributed by atoms with Crippen LogP contribution in [0.25, 0.3) is 10.8 Å². The highest BCUT2D eigenvalue weighted by molar-refractivity contribution is 5.94. The molecule has 0 aliphatic carbocycles. The molecule has 4 heteroatoms. The molecule has 4 nitrogen and oxygen atoms in total. The van der Waals surface area contributed by atoms with Crippen LogP contribution in [0.3, 0.4) is 0 Å². The molecule has 0 heterocycles. The van der Waals surface area contributed by atoms with Gasteiger partial charge in [-0.1, -0.05) is 37.3 Å². The maximum Gasteiger partial charge on any atom is 0.325 e. The number of carboxylic acid groups (broad SMARTS) is 1. The molecule has 2 aromatic rings. The van der Waals surface area contributed by atoms with Gasteiger partial charge in [0.15, 0.2) is 0 Å². The number of hydrogen-bond donors (Lipinski definition) is 2. The van der Waals surface area contributed by atoms with Gasteiger partial charge in [-0.3, -0.25) is 10.1 Å². The summed E-state index contributed by atoms with van der Waals surface area (Å²) in [7, 11) is 1.62. The summed E-state index contributed by atoms with van der Waals surface area (Å²) in [6.45, 7) is 4.02. The number of ether oxygens (including phenoxy) is 1. The number of fused-ring (bicyclic) bond motifs is 1. The lowest BCUT2D eigenvalue weighted by Gasteiger charge is -2.21. The van der Waals surface area contributed by atoms with E-state index < -0.39 is 12.0 Å². The zero-order chi connectivity index (χ0) is 15.4. The van der Waals surface area contributed by atoms with Gasteiger partial charge in [0.2, 0.25) is 0 Å². The summed E-state index contributed by atoms with van der Waals surface area (Å²) in [5, 5.41) is 14.6. The summed E-state index contributed by atoms with van der Waals surface area (Å²) in [4.78, 5) is 11.7. The molecule has 0 saturated heterocycles. The third-order valence-electron chi connectivity index (χ3n) is 3.76. The van der Waals surface area contributed by atoms with Crippen LogP contribution in [0.2, 0.25) is 0 Å². The highest BCUT2D eigenvalue weighted by Crippen LogP contribution is 2.31. The SMILES string of the molecule is CCC(C)NC(C(=O)O)c1ccc(OC)c2ccccc12. The van der Waals surface area contributed by atoms with E-state index in [9.17, 15) is 9.90 Å². The Morgan fingerprint density at radius 1 is 1.24 bits per heavy atom. The second kappa shape index (κ2) is 6.59. The fourth-order valence-electron chi connectivity index (χ4n) is 2.42. The van der Waals surface area contributed by atoms with Crippen molar-refractivity contribution >= 4 is 16.7 Å². The number of methoxy groups -OCH3 is 1. The molecule has 2 atom stereocenters. The standard InChI is InChI=1S/C17H21NO3/c1-4-11(2)18-16(17(19)20)14-9-10-15(21-3)13-8-6-5-7-12(13)14/h5-11,16,18H,4H2,1-3H3,(H,19,20). The van der Waals surface area contributed by atoms with Crippen LogP contribution >= 0.6 is 0 Å². The Morgan fingerprint density at radius 2 is 1.90 bits per heavy atom. The van der Waals surface area contributed by atoms with Crippen molar-refractivity contribution in [3.63, 3.8) is 0 Å². The normalized spacial score (nSPS) is 13.9. The van der Waals surface area contributed by atoms with Gasteiger partial charge in [0.25, 0.3) is 0 Å². The van der Waals surface area contributed by atoms with Crippen LogP contribution in [0, 0.1) is 0 Å². The molecule has 2 aromatic carbocycles. The molecule has 0 aliphatic rings. The molecule has 0 aromatic heterocycles. The molecule has 2 unspecified atom stereocenters. The van der Waals surface area contributed by atoms with Gasteiger partial charge >= 0.3 is 5.97 Å². The Labute approximate surface area is 124 Å². The Bertz CT molecular complexity index is 639. The van der Waals surface area contributed by atoms with Crippen molar-refractivity contribution < 1.29 is 14.6 Å². The van der Waals surface area contributed by atoms with Crippen LogP contribution < -0.4 is 10.1 Å². The zero-order valence-electron chi connectivity index (χ0n) is 12.6. The number of benzene rings is 2. The lowest BCUT2D eigenvalue weighted by atomic mass is 9.97. The molecule has 0 aliphatic heterocycles. The molecular weight excluding hydrogens is 266 g/mol. The summed E-state index contributed by atoms with van der Waals surface area (Å²) < 4.78 is 5.36. The van der Waals surface area contributed by atoms with E-state index >= 15 is 0 Å². The summed E-state index contributed by atoms with van der Waals surface area (Å²) in [6.07, 6.45) is 0.873. The first-order valence-electron chi connectivity index (χ1n) is 7.13. The van der Waals surface area contributed by atoms with Gasteiger partial charge in [-0.2, -0.15) is 0 Å². The van der Waals surface area contributed by atoms with Crippen LogP contribution in [0.15, 0.2) is 36.4 Å². The molecule has 112 valence electrons. The van der Waals surface area contributed by atoms with Crippen molar-refractivity contribution in [3.05, 3.63) is 42.0 Å². The van der Waals surface area contributed by atoms with E-state index in [2.05, 4.69) is 5.32 Å². The van der Waals surface area contributed by atoms with Crippen molar-refractivity contribution in [2.75, 3.05) is 7.11 Å². The van der Waals surface area contributed by atoms with E-state index in [1.54, 1.807) is 7.11 Å². The highest BCUT2D eigenvalue weighted by Gasteiger charge is 2.23. The third-order valence-corrected chi connectivity index (χ3v) is 3.76. The third kappa shape index (κ3) is 3.16. The molecule has 0 spiro atoms. The van der Waals surface area contributed by atoms with Crippen LogP contribution in [-0.2, 0) is 4.79 Å².